The topological polar surface area (TPSA) is 101 Å². The van der Waals surface area contributed by atoms with E-state index in [0.29, 0.717) is 4.70 Å². The van der Waals surface area contributed by atoms with E-state index < -0.39 is 27.6 Å². The van der Waals surface area contributed by atoms with Crippen molar-refractivity contribution in [1.29, 1.82) is 0 Å². The Morgan fingerprint density at radius 1 is 1.16 bits per heavy atom. The number of morpholine rings is 1. The summed E-state index contributed by atoms with van der Waals surface area (Å²) in [5.41, 5.74) is 5.18. The van der Waals surface area contributed by atoms with Crippen LogP contribution in [0.1, 0.15) is 24.2 Å². The Kier molecular flexibility index (Phi) is 6.12. The van der Waals surface area contributed by atoms with Gasteiger partial charge in [0.15, 0.2) is 5.82 Å². The van der Waals surface area contributed by atoms with Crippen molar-refractivity contribution >= 4 is 42.6 Å². The Bertz CT molecular complexity index is 1250. The minimum Gasteiger partial charge on any atom is -0.373 e. The summed E-state index contributed by atoms with van der Waals surface area (Å²) < 4.78 is 60.1. The minimum absolute atomic E-state index is 0.00513. The zero-order chi connectivity index (χ0) is 23.0. The van der Waals surface area contributed by atoms with Gasteiger partial charge in [0.05, 0.1) is 21.8 Å². The highest BCUT2D eigenvalue weighted by Gasteiger charge is 2.32. The van der Waals surface area contributed by atoms with Crippen molar-refractivity contribution in [3.8, 4) is 0 Å². The number of sulfonamides is 1. The van der Waals surface area contributed by atoms with Crippen molar-refractivity contribution in [3.05, 3.63) is 53.6 Å². The van der Waals surface area contributed by atoms with Gasteiger partial charge in [-0.05, 0) is 44.2 Å². The van der Waals surface area contributed by atoms with E-state index in [1.165, 1.54) is 28.6 Å². The molecule has 0 bridgehead atoms. The van der Waals surface area contributed by atoms with Gasteiger partial charge in [-0.2, -0.15) is 4.31 Å². The number of hydrogen-bond acceptors (Lipinski definition) is 7. The van der Waals surface area contributed by atoms with Crippen molar-refractivity contribution in [2.75, 3.05) is 18.5 Å². The molecule has 1 aliphatic heterocycles. The van der Waals surface area contributed by atoms with E-state index in [0.717, 1.165) is 23.5 Å². The number of thiazole rings is 1. The Hall–Kier alpha value is -2.67. The fourth-order valence-electron chi connectivity index (χ4n) is 3.45. The normalized spacial score (nSPS) is 19.8. The standard InChI is InChI=1S/C20H20F2N4O4S2/c1-11-9-26(10-12(2)30-11)32(28,29)15-5-3-13(4-6-15)19(27)24-25-20-23-18-16(22)7-14(21)8-17(18)31-20/h3-8,11-12H,9-10H2,1-2H3,(H,23,25)(H,24,27)/t11-,12-/m1/s1. The molecule has 2 aromatic carbocycles. The molecule has 32 heavy (non-hydrogen) atoms. The average Bonchev–Trinajstić information content (AvgIpc) is 3.14. The molecule has 2 N–H and O–H groups in total. The van der Waals surface area contributed by atoms with Crippen LogP contribution < -0.4 is 10.9 Å². The monoisotopic (exact) mass is 482 g/mol. The SMILES string of the molecule is C[C@@H]1CN(S(=O)(=O)c2ccc(C(=O)NNc3nc4c(F)cc(F)cc4s3)cc2)C[C@@H](C)O1. The molecule has 0 aliphatic carbocycles. The Morgan fingerprint density at radius 3 is 2.47 bits per heavy atom. The Labute approximate surface area is 187 Å². The number of amides is 1. The molecule has 4 rings (SSSR count). The number of nitrogens with one attached hydrogen (secondary N) is 2. The maximum atomic E-state index is 13.8. The molecule has 1 fully saturated rings. The second-order valence-electron chi connectivity index (χ2n) is 7.44. The van der Waals surface area contributed by atoms with Crippen LogP contribution in [0.3, 0.4) is 0 Å². The van der Waals surface area contributed by atoms with Gasteiger partial charge in [0.1, 0.15) is 11.3 Å². The van der Waals surface area contributed by atoms with Gasteiger partial charge in [-0.15, -0.1) is 0 Å². The van der Waals surface area contributed by atoms with Crippen LogP contribution in [0.25, 0.3) is 10.2 Å². The number of carbonyl (C=O) groups is 1. The molecule has 0 unspecified atom stereocenters. The summed E-state index contributed by atoms with van der Waals surface area (Å²) in [7, 11) is -3.72. The van der Waals surface area contributed by atoms with Crippen molar-refractivity contribution in [2.24, 2.45) is 0 Å². The zero-order valence-electron chi connectivity index (χ0n) is 17.1. The van der Waals surface area contributed by atoms with Gasteiger partial charge >= 0.3 is 0 Å². The molecule has 1 amide bonds. The van der Waals surface area contributed by atoms with Crippen LogP contribution >= 0.6 is 11.3 Å². The fourth-order valence-corrected chi connectivity index (χ4v) is 5.90. The maximum absolute atomic E-state index is 13.8. The Morgan fingerprint density at radius 2 is 1.81 bits per heavy atom. The summed E-state index contributed by atoms with van der Waals surface area (Å²) in [6, 6.07) is 7.40. The summed E-state index contributed by atoms with van der Waals surface area (Å²) in [4.78, 5) is 16.5. The van der Waals surface area contributed by atoms with E-state index in [4.69, 9.17) is 4.74 Å². The third-order valence-corrected chi connectivity index (χ3v) is 7.60. The number of fused-ring (bicyclic) bond motifs is 1. The van der Waals surface area contributed by atoms with Crippen LogP contribution in [0.4, 0.5) is 13.9 Å². The molecule has 8 nitrogen and oxygen atoms in total. The predicted molar refractivity (Wildman–Crippen MR) is 116 cm³/mol. The largest absolute Gasteiger partial charge is 0.373 e. The molecule has 1 saturated heterocycles. The third kappa shape index (κ3) is 4.58. The first-order valence-electron chi connectivity index (χ1n) is 9.71. The molecule has 3 aromatic rings. The molecule has 0 spiro atoms. The van der Waals surface area contributed by atoms with Crippen LogP contribution in [0.15, 0.2) is 41.3 Å². The number of rotatable bonds is 5. The van der Waals surface area contributed by atoms with Crippen molar-refractivity contribution in [3.63, 3.8) is 0 Å². The number of aromatic nitrogens is 1. The molecular weight excluding hydrogens is 462 g/mol. The minimum atomic E-state index is -3.72. The first-order valence-corrected chi connectivity index (χ1v) is 12.0. The molecule has 1 aliphatic rings. The molecular formula is C20H20F2N4O4S2. The summed E-state index contributed by atoms with van der Waals surface area (Å²) in [5, 5.41) is 0.174. The smallest absolute Gasteiger partial charge is 0.269 e. The molecule has 170 valence electrons. The number of hydrazine groups is 1. The fraction of sp³-hybridized carbons (Fsp3) is 0.300. The van der Waals surface area contributed by atoms with E-state index in [2.05, 4.69) is 15.8 Å². The Balaban J connectivity index is 1.44. The van der Waals surface area contributed by atoms with Gasteiger partial charge in [0.2, 0.25) is 15.2 Å². The number of halogens is 2. The first kappa shape index (κ1) is 22.5. The number of carbonyl (C=O) groups excluding carboxylic acids is 1. The van der Waals surface area contributed by atoms with E-state index in [1.807, 2.05) is 13.8 Å². The highest BCUT2D eigenvalue weighted by Crippen LogP contribution is 2.28. The molecule has 2 heterocycles. The lowest BCUT2D eigenvalue weighted by atomic mass is 10.2. The second-order valence-corrected chi connectivity index (χ2v) is 10.4. The van der Waals surface area contributed by atoms with Crippen LogP contribution in [0.5, 0.6) is 0 Å². The molecule has 12 heteroatoms. The number of hydrogen-bond donors (Lipinski definition) is 2. The lowest BCUT2D eigenvalue weighted by molar-refractivity contribution is -0.0440. The number of benzene rings is 2. The molecule has 0 radical (unpaired) electrons. The van der Waals surface area contributed by atoms with Crippen LogP contribution in [0.2, 0.25) is 0 Å². The summed E-state index contributed by atoms with van der Waals surface area (Å²) in [6.07, 6.45) is -0.422. The van der Waals surface area contributed by atoms with Gasteiger partial charge in [-0.25, -0.2) is 22.2 Å². The predicted octanol–water partition coefficient (Wildman–Crippen LogP) is 3.13. The van der Waals surface area contributed by atoms with Crippen molar-refractivity contribution in [2.45, 2.75) is 31.0 Å². The number of anilines is 1. The summed E-state index contributed by atoms with van der Waals surface area (Å²) in [6.45, 7) is 4.14. The summed E-state index contributed by atoms with van der Waals surface area (Å²) >= 11 is 0.973. The molecule has 1 aromatic heterocycles. The maximum Gasteiger partial charge on any atom is 0.269 e. The average molecular weight is 483 g/mol. The first-order chi connectivity index (χ1) is 15.1. The van der Waals surface area contributed by atoms with Gasteiger partial charge in [-0.1, -0.05) is 11.3 Å². The molecule has 0 saturated carbocycles. The van der Waals surface area contributed by atoms with Gasteiger partial charge in [0, 0.05) is 24.7 Å². The quantitative estimate of drug-likeness (QED) is 0.542. The number of nitrogens with zero attached hydrogens (tertiary/aromatic N) is 2. The lowest BCUT2D eigenvalue weighted by Crippen LogP contribution is -2.48. The van der Waals surface area contributed by atoms with Crippen LogP contribution in [0, 0.1) is 11.6 Å². The second kappa shape index (κ2) is 8.70. The lowest BCUT2D eigenvalue weighted by Gasteiger charge is -2.34. The van der Waals surface area contributed by atoms with E-state index in [1.54, 1.807) is 0 Å². The number of ether oxygens (including phenoxy) is 1. The van der Waals surface area contributed by atoms with Crippen molar-refractivity contribution < 1.29 is 26.7 Å². The van der Waals surface area contributed by atoms with Gasteiger partial charge < -0.3 is 4.74 Å². The van der Waals surface area contributed by atoms with E-state index in [9.17, 15) is 22.0 Å². The van der Waals surface area contributed by atoms with E-state index in [-0.39, 0.29) is 46.4 Å². The van der Waals surface area contributed by atoms with E-state index >= 15 is 0 Å². The van der Waals surface area contributed by atoms with Gasteiger partial charge in [0.25, 0.3) is 5.91 Å². The molecule has 2 atom stereocenters. The van der Waals surface area contributed by atoms with Crippen LogP contribution in [-0.4, -0.2) is 48.9 Å². The zero-order valence-corrected chi connectivity index (χ0v) is 18.8. The van der Waals surface area contributed by atoms with Gasteiger partial charge in [-0.3, -0.25) is 15.6 Å². The highest BCUT2D eigenvalue weighted by molar-refractivity contribution is 7.89. The highest BCUT2D eigenvalue weighted by atomic mass is 32.2. The van der Waals surface area contributed by atoms with Crippen molar-refractivity contribution in [1.82, 2.24) is 14.7 Å². The third-order valence-electron chi connectivity index (χ3n) is 4.84. The van der Waals surface area contributed by atoms with Crippen LogP contribution in [-0.2, 0) is 14.8 Å². The summed E-state index contributed by atoms with van der Waals surface area (Å²) in [5.74, 6) is -2.06.